The molecule has 0 aliphatic carbocycles. The lowest BCUT2D eigenvalue weighted by Gasteiger charge is -2.11. The molecule has 2 aromatic rings. The molecule has 1 N–H and O–H groups in total. The summed E-state index contributed by atoms with van der Waals surface area (Å²) in [6.07, 6.45) is 1.24. The van der Waals surface area contributed by atoms with Crippen molar-refractivity contribution in [2.24, 2.45) is 0 Å². The second kappa shape index (κ2) is 4.73. The van der Waals surface area contributed by atoms with Crippen molar-refractivity contribution in [1.82, 2.24) is 10.1 Å². The van der Waals surface area contributed by atoms with Crippen molar-refractivity contribution < 1.29 is 9.45 Å². The Hall–Kier alpha value is -1.96. The number of nitrogens with one attached hydrogen (secondary N) is 1. The number of thiazole rings is 1. The third-order valence-corrected chi connectivity index (χ3v) is 3.42. The number of hydrogen-bond acceptors (Lipinski definition) is 7. The molecule has 2 aromatic heterocycles. The molecule has 0 spiro atoms. The maximum Gasteiger partial charge on any atom is 0.345 e. The molecule has 7 nitrogen and oxygen atoms in total. The second-order valence-corrected chi connectivity index (χ2v) is 4.87. The third kappa shape index (κ3) is 2.33. The van der Waals surface area contributed by atoms with Gasteiger partial charge in [-0.25, -0.2) is 4.98 Å². The Kier molecular flexibility index (Phi) is 3.28. The van der Waals surface area contributed by atoms with Gasteiger partial charge in [0.25, 0.3) is 0 Å². The minimum atomic E-state index is -0.455. The fourth-order valence-corrected chi connectivity index (χ4v) is 2.50. The van der Waals surface area contributed by atoms with E-state index in [9.17, 15) is 10.1 Å². The fourth-order valence-electron chi connectivity index (χ4n) is 1.78. The van der Waals surface area contributed by atoms with Gasteiger partial charge in [0.05, 0.1) is 16.7 Å². The smallest absolute Gasteiger partial charge is 0.345 e. The van der Waals surface area contributed by atoms with Crippen LogP contribution < -0.4 is 5.32 Å². The molecule has 8 heteroatoms. The molecule has 0 fully saturated rings. The van der Waals surface area contributed by atoms with Crippen molar-refractivity contribution >= 4 is 21.5 Å². The summed E-state index contributed by atoms with van der Waals surface area (Å²) in [7, 11) is 0. The summed E-state index contributed by atoms with van der Waals surface area (Å²) in [6, 6.07) is -0.0676. The summed E-state index contributed by atoms with van der Waals surface area (Å²) in [5.41, 5.74) is 1.76. The lowest BCUT2D eigenvalue weighted by molar-refractivity contribution is -0.380. The van der Waals surface area contributed by atoms with E-state index < -0.39 is 4.92 Å². The van der Waals surface area contributed by atoms with Crippen LogP contribution in [0.15, 0.2) is 10.7 Å². The van der Waals surface area contributed by atoms with E-state index in [0.29, 0.717) is 5.13 Å². The van der Waals surface area contributed by atoms with Gasteiger partial charge in [-0.1, -0.05) is 5.16 Å². The number of aromatic nitrogens is 2. The molecule has 1 unspecified atom stereocenters. The highest BCUT2D eigenvalue weighted by Gasteiger charge is 2.18. The Balaban J connectivity index is 2.16. The lowest BCUT2D eigenvalue weighted by Crippen LogP contribution is -2.07. The Labute approximate surface area is 107 Å². The molecule has 0 aliphatic heterocycles. The molecule has 0 aromatic carbocycles. The van der Waals surface area contributed by atoms with Crippen molar-refractivity contribution in [3.8, 4) is 0 Å². The van der Waals surface area contributed by atoms with Crippen LogP contribution in [0.5, 0.6) is 0 Å². The van der Waals surface area contributed by atoms with Crippen LogP contribution >= 0.6 is 11.3 Å². The highest BCUT2D eigenvalue weighted by molar-refractivity contribution is 7.18. The molecule has 0 saturated heterocycles. The van der Waals surface area contributed by atoms with E-state index in [1.807, 2.05) is 20.8 Å². The highest BCUT2D eigenvalue weighted by atomic mass is 32.1. The van der Waals surface area contributed by atoms with Crippen molar-refractivity contribution in [3.05, 3.63) is 33.3 Å². The molecule has 0 saturated carbocycles. The number of nitro groups is 1. The van der Waals surface area contributed by atoms with Gasteiger partial charge in [0.15, 0.2) is 5.13 Å². The summed E-state index contributed by atoms with van der Waals surface area (Å²) in [6.45, 7) is 5.62. The minimum absolute atomic E-state index is 0.0171. The van der Waals surface area contributed by atoms with Crippen LogP contribution in [0.2, 0.25) is 0 Å². The van der Waals surface area contributed by atoms with E-state index in [1.165, 1.54) is 6.20 Å². The number of nitrogens with zero attached hydrogens (tertiary/aromatic N) is 3. The lowest BCUT2D eigenvalue weighted by atomic mass is 10.1. The van der Waals surface area contributed by atoms with E-state index >= 15 is 0 Å². The molecular weight excluding hydrogens is 256 g/mol. The molecule has 0 bridgehead atoms. The van der Waals surface area contributed by atoms with E-state index in [0.717, 1.165) is 28.4 Å². The van der Waals surface area contributed by atoms with Gasteiger partial charge in [-0.05, 0) is 32.1 Å². The Morgan fingerprint density at radius 2 is 2.28 bits per heavy atom. The zero-order chi connectivity index (χ0) is 13.3. The molecule has 1 atom stereocenters. The van der Waals surface area contributed by atoms with E-state index in [4.69, 9.17) is 4.52 Å². The summed E-state index contributed by atoms with van der Waals surface area (Å²) >= 11 is 1.01. The number of aryl methyl sites for hydroxylation is 2. The fraction of sp³-hybridized carbons (Fsp3) is 0.400. The van der Waals surface area contributed by atoms with Crippen LogP contribution in [-0.2, 0) is 0 Å². The number of rotatable bonds is 4. The van der Waals surface area contributed by atoms with Crippen molar-refractivity contribution in [3.63, 3.8) is 0 Å². The first-order chi connectivity index (χ1) is 8.49. The van der Waals surface area contributed by atoms with E-state index in [-0.39, 0.29) is 11.0 Å². The maximum atomic E-state index is 10.6. The van der Waals surface area contributed by atoms with Crippen molar-refractivity contribution in [2.45, 2.75) is 26.8 Å². The molecular formula is C10H12N4O3S. The average molecular weight is 268 g/mol. The standard InChI is InChI=1S/C10H12N4O3S/c1-5(9-6(2)13-17-7(9)3)12-10-11-4-8(18-10)14(15)16/h4-5H,1-3H3,(H,11,12). The Morgan fingerprint density at radius 3 is 2.78 bits per heavy atom. The first-order valence-corrected chi connectivity index (χ1v) is 6.10. The van der Waals surface area contributed by atoms with E-state index in [2.05, 4.69) is 15.5 Å². The molecule has 2 heterocycles. The summed E-state index contributed by atoms with van der Waals surface area (Å²) in [4.78, 5) is 14.1. The van der Waals surface area contributed by atoms with Gasteiger partial charge in [-0.2, -0.15) is 0 Å². The average Bonchev–Trinajstić information content (AvgIpc) is 2.86. The number of anilines is 1. The monoisotopic (exact) mass is 268 g/mol. The Bertz CT molecular complexity index is 558. The SMILES string of the molecule is Cc1noc(C)c1C(C)Nc1ncc([N+](=O)[O-])s1. The molecule has 0 aliphatic rings. The van der Waals surface area contributed by atoms with Crippen LogP contribution in [0.1, 0.15) is 30.0 Å². The summed E-state index contributed by atoms with van der Waals surface area (Å²) in [5, 5.41) is 18.1. The van der Waals surface area contributed by atoms with Crippen LogP contribution in [0, 0.1) is 24.0 Å². The molecule has 0 radical (unpaired) electrons. The zero-order valence-corrected chi connectivity index (χ0v) is 10.9. The van der Waals surface area contributed by atoms with Gasteiger partial charge >= 0.3 is 5.00 Å². The topological polar surface area (TPSA) is 94.1 Å². The zero-order valence-electron chi connectivity index (χ0n) is 10.1. The molecule has 0 amide bonds. The van der Waals surface area contributed by atoms with Crippen molar-refractivity contribution in [1.29, 1.82) is 0 Å². The van der Waals surface area contributed by atoms with Crippen LogP contribution in [0.3, 0.4) is 0 Å². The summed E-state index contributed by atoms with van der Waals surface area (Å²) in [5.74, 6) is 0.735. The maximum absolute atomic E-state index is 10.6. The van der Waals surface area contributed by atoms with Gasteiger partial charge < -0.3 is 9.84 Å². The predicted molar refractivity (Wildman–Crippen MR) is 66.8 cm³/mol. The summed E-state index contributed by atoms with van der Waals surface area (Å²) < 4.78 is 5.08. The van der Waals surface area contributed by atoms with Gasteiger partial charge in [0.1, 0.15) is 12.0 Å². The number of hydrogen-bond donors (Lipinski definition) is 1. The van der Waals surface area contributed by atoms with E-state index in [1.54, 1.807) is 0 Å². The Morgan fingerprint density at radius 1 is 1.56 bits per heavy atom. The molecule has 18 heavy (non-hydrogen) atoms. The predicted octanol–water partition coefficient (Wildman–Crippen LogP) is 2.83. The minimum Gasteiger partial charge on any atom is -0.361 e. The quantitative estimate of drug-likeness (QED) is 0.676. The largest absolute Gasteiger partial charge is 0.361 e. The molecule has 96 valence electrons. The first-order valence-electron chi connectivity index (χ1n) is 5.28. The first kappa shape index (κ1) is 12.5. The van der Waals surface area contributed by atoms with Crippen LogP contribution in [0.4, 0.5) is 10.1 Å². The highest BCUT2D eigenvalue weighted by Crippen LogP contribution is 2.30. The van der Waals surface area contributed by atoms with Crippen LogP contribution in [0.25, 0.3) is 0 Å². The van der Waals surface area contributed by atoms with Gasteiger partial charge in [0, 0.05) is 5.56 Å². The normalized spacial score (nSPS) is 12.4. The second-order valence-electron chi connectivity index (χ2n) is 3.86. The van der Waals surface area contributed by atoms with Crippen LogP contribution in [-0.4, -0.2) is 15.1 Å². The molecule has 2 rings (SSSR count). The third-order valence-electron chi connectivity index (χ3n) is 2.54. The van der Waals surface area contributed by atoms with Crippen molar-refractivity contribution in [2.75, 3.05) is 5.32 Å². The van der Waals surface area contributed by atoms with Gasteiger partial charge in [0.2, 0.25) is 0 Å². The van der Waals surface area contributed by atoms with Gasteiger partial charge in [-0.15, -0.1) is 0 Å². The van der Waals surface area contributed by atoms with Gasteiger partial charge in [-0.3, -0.25) is 10.1 Å².